The van der Waals surface area contributed by atoms with Crippen LogP contribution in [-0.2, 0) is 26.2 Å². The average Bonchev–Trinajstić information content (AvgIpc) is 3.02. The number of nitrogens with zero attached hydrogens (tertiary/aromatic N) is 3. The zero-order valence-electron chi connectivity index (χ0n) is 15.7. The molecule has 0 bridgehead atoms. The second kappa shape index (κ2) is 7.84. The van der Waals surface area contributed by atoms with Crippen molar-refractivity contribution in [1.82, 2.24) is 9.97 Å². The van der Waals surface area contributed by atoms with E-state index in [-0.39, 0.29) is 0 Å². The fourth-order valence-electron chi connectivity index (χ4n) is 2.32. The summed E-state index contributed by atoms with van der Waals surface area (Å²) >= 11 is 1.25. The summed E-state index contributed by atoms with van der Waals surface area (Å²) in [4.78, 5) is 7.82. The number of thiazole rings is 1. The van der Waals surface area contributed by atoms with Gasteiger partial charge in [-0.25, -0.2) is 9.19 Å². The molecule has 2 heterocycles. The van der Waals surface area contributed by atoms with Gasteiger partial charge >= 0.3 is 6.18 Å². The molecule has 2 atom stereocenters. The first-order valence-electron chi connectivity index (χ1n) is 8.21. The van der Waals surface area contributed by atoms with Gasteiger partial charge in [-0.2, -0.15) is 17.5 Å². The van der Waals surface area contributed by atoms with Crippen LogP contribution in [0.4, 0.5) is 18.3 Å². The summed E-state index contributed by atoms with van der Waals surface area (Å²) in [6.45, 7) is 7.83. The second-order valence-electron chi connectivity index (χ2n) is 6.53. The van der Waals surface area contributed by atoms with Crippen LogP contribution in [0.5, 0.6) is 0 Å². The molecule has 10 heteroatoms. The molecule has 0 saturated carbocycles. The molecule has 0 radical (unpaired) electrons. The summed E-state index contributed by atoms with van der Waals surface area (Å²) in [5.41, 5.74) is -0.463. The molecule has 0 aliphatic heterocycles. The maximum absolute atomic E-state index is 13.0. The zero-order chi connectivity index (χ0) is 20.5. The fourth-order valence-corrected chi connectivity index (χ4v) is 4.79. The van der Waals surface area contributed by atoms with Crippen molar-refractivity contribution in [1.29, 1.82) is 0 Å². The Bertz CT molecular complexity index is 899. The third-order valence-corrected chi connectivity index (χ3v) is 7.05. The topological polar surface area (TPSA) is 64.4 Å². The first-order valence-corrected chi connectivity index (χ1v) is 11.1. The van der Waals surface area contributed by atoms with Crippen molar-refractivity contribution in [3.8, 4) is 0 Å². The van der Waals surface area contributed by atoms with Crippen LogP contribution in [0.2, 0.25) is 0 Å². The predicted molar refractivity (Wildman–Crippen MR) is 101 cm³/mol. The molecule has 0 fully saturated rings. The lowest BCUT2D eigenvalue weighted by atomic mass is 10.1. The maximum Gasteiger partial charge on any atom is 0.433 e. The Morgan fingerprint density at radius 1 is 1.30 bits per heavy atom. The van der Waals surface area contributed by atoms with Crippen molar-refractivity contribution in [3.05, 3.63) is 40.7 Å². The van der Waals surface area contributed by atoms with E-state index >= 15 is 0 Å². The van der Waals surface area contributed by atoms with Gasteiger partial charge in [-0.3, -0.25) is 4.98 Å². The second-order valence-corrected chi connectivity index (χ2v) is 9.98. The smallest absolute Gasteiger partial charge is 0.370 e. The third kappa shape index (κ3) is 5.26. The maximum atomic E-state index is 13.0. The van der Waals surface area contributed by atoms with Crippen LogP contribution < -0.4 is 0 Å². The number of rotatable bonds is 6. The predicted octanol–water partition coefficient (Wildman–Crippen LogP) is 5.32. The standard InChI is InChI=1S/C17H22F3N3O2S2/c1-6-25-16(3,4)14-10-26-15(22-14)23-27(5,24)11(2)12-7-8-13(21-9-12)17(18,19)20/h7-11H,6H2,1-5H3. The van der Waals surface area contributed by atoms with Crippen LogP contribution in [0.3, 0.4) is 0 Å². The highest BCUT2D eigenvalue weighted by Crippen LogP contribution is 2.33. The fraction of sp³-hybridized carbons (Fsp3) is 0.529. The molecule has 2 rings (SSSR count). The Kier molecular flexibility index (Phi) is 6.33. The number of ether oxygens (including phenoxy) is 1. The van der Waals surface area contributed by atoms with Gasteiger partial charge in [0.15, 0.2) is 0 Å². The minimum atomic E-state index is -4.51. The minimum Gasteiger partial charge on any atom is -0.370 e. The van der Waals surface area contributed by atoms with Crippen molar-refractivity contribution in [3.63, 3.8) is 0 Å². The number of alkyl halides is 3. The molecule has 0 N–H and O–H groups in total. The van der Waals surface area contributed by atoms with Gasteiger partial charge in [-0.1, -0.05) is 6.07 Å². The Morgan fingerprint density at radius 3 is 2.48 bits per heavy atom. The van der Waals surface area contributed by atoms with E-state index < -0.39 is 32.5 Å². The summed E-state index contributed by atoms with van der Waals surface area (Å²) in [6, 6.07) is 2.16. The highest BCUT2D eigenvalue weighted by molar-refractivity contribution is 7.93. The van der Waals surface area contributed by atoms with Gasteiger partial charge in [0.1, 0.15) is 11.3 Å². The number of halogens is 3. The molecule has 0 aliphatic carbocycles. The highest BCUT2D eigenvalue weighted by Gasteiger charge is 2.32. The molecule has 5 nitrogen and oxygen atoms in total. The van der Waals surface area contributed by atoms with E-state index in [4.69, 9.17) is 4.74 Å². The van der Waals surface area contributed by atoms with Gasteiger partial charge in [0, 0.05) is 24.4 Å². The summed E-state index contributed by atoms with van der Waals surface area (Å²) in [5, 5.41) is 1.53. The molecule has 0 spiro atoms. The molecule has 2 aromatic heterocycles. The quantitative estimate of drug-likeness (QED) is 0.633. The summed E-state index contributed by atoms with van der Waals surface area (Å²) in [5.74, 6) is 0. The number of hydrogen-bond acceptors (Lipinski definition) is 6. The van der Waals surface area contributed by atoms with E-state index in [9.17, 15) is 17.4 Å². The van der Waals surface area contributed by atoms with Gasteiger partial charge < -0.3 is 4.74 Å². The molecule has 0 aliphatic rings. The first-order chi connectivity index (χ1) is 12.4. The third-order valence-electron chi connectivity index (χ3n) is 4.08. The average molecular weight is 422 g/mol. The van der Waals surface area contributed by atoms with Crippen molar-refractivity contribution in [2.75, 3.05) is 12.9 Å². The lowest BCUT2D eigenvalue weighted by molar-refractivity contribution is -0.141. The molecule has 0 saturated heterocycles. The van der Waals surface area contributed by atoms with Crippen molar-refractivity contribution < 1.29 is 22.1 Å². The highest BCUT2D eigenvalue weighted by atomic mass is 32.2. The summed E-state index contributed by atoms with van der Waals surface area (Å²) in [7, 11) is -2.80. The van der Waals surface area contributed by atoms with E-state index in [2.05, 4.69) is 14.3 Å². The lowest BCUT2D eigenvalue weighted by Crippen LogP contribution is -2.21. The summed E-state index contributed by atoms with van der Waals surface area (Å²) < 4.78 is 60.9. The molecule has 150 valence electrons. The van der Waals surface area contributed by atoms with E-state index in [1.807, 2.05) is 20.8 Å². The number of pyridine rings is 1. The van der Waals surface area contributed by atoms with E-state index in [1.165, 1.54) is 23.7 Å². The van der Waals surface area contributed by atoms with Gasteiger partial charge in [-0.05, 0) is 39.3 Å². The normalized spacial score (nSPS) is 16.0. The van der Waals surface area contributed by atoms with Crippen molar-refractivity contribution >= 4 is 26.2 Å². The van der Waals surface area contributed by atoms with Crippen molar-refractivity contribution in [2.45, 2.75) is 44.7 Å². The largest absolute Gasteiger partial charge is 0.433 e. The molecule has 0 amide bonds. The van der Waals surface area contributed by atoms with Gasteiger partial charge in [-0.15, -0.1) is 11.3 Å². The van der Waals surface area contributed by atoms with Crippen LogP contribution in [0, 0.1) is 0 Å². The van der Waals surface area contributed by atoms with Crippen LogP contribution in [0.1, 0.15) is 49.9 Å². The van der Waals surface area contributed by atoms with E-state index in [0.29, 0.717) is 23.0 Å². The Morgan fingerprint density at radius 2 is 1.96 bits per heavy atom. The lowest BCUT2D eigenvalue weighted by Gasteiger charge is -2.22. The van der Waals surface area contributed by atoms with Crippen LogP contribution in [0.15, 0.2) is 28.1 Å². The van der Waals surface area contributed by atoms with Crippen LogP contribution in [-0.4, -0.2) is 27.0 Å². The van der Waals surface area contributed by atoms with E-state index in [1.54, 1.807) is 12.3 Å². The molecule has 2 aromatic rings. The number of hydrogen-bond donors (Lipinski definition) is 0. The van der Waals surface area contributed by atoms with Gasteiger partial charge in [0.2, 0.25) is 5.13 Å². The zero-order valence-corrected chi connectivity index (χ0v) is 17.3. The molecular weight excluding hydrogens is 399 g/mol. The SMILES string of the molecule is CCOC(C)(C)c1csc(N=S(C)(=O)C(C)c2ccc(C(F)(F)F)nc2)n1. The monoisotopic (exact) mass is 421 g/mol. The minimum absolute atomic E-state index is 0.344. The van der Waals surface area contributed by atoms with Crippen molar-refractivity contribution in [2.24, 2.45) is 4.36 Å². The Hall–Kier alpha value is -1.52. The number of aromatic nitrogens is 2. The molecule has 2 unspecified atom stereocenters. The molecular formula is C17H22F3N3O2S2. The summed E-state index contributed by atoms with van der Waals surface area (Å²) in [6.07, 6.45) is -1.95. The van der Waals surface area contributed by atoms with Crippen LogP contribution in [0.25, 0.3) is 0 Å². The van der Waals surface area contributed by atoms with Gasteiger partial charge in [0.05, 0.1) is 20.7 Å². The van der Waals surface area contributed by atoms with Crippen LogP contribution >= 0.6 is 11.3 Å². The van der Waals surface area contributed by atoms with E-state index in [0.717, 1.165) is 12.3 Å². The Balaban J connectivity index is 2.29. The Labute approximate surface area is 161 Å². The molecule has 0 aromatic carbocycles. The first kappa shape index (κ1) is 21.8. The van der Waals surface area contributed by atoms with Gasteiger partial charge in [0.25, 0.3) is 0 Å². The molecule has 27 heavy (non-hydrogen) atoms.